The summed E-state index contributed by atoms with van der Waals surface area (Å²) in [6.45, 7) is 4.53. The van der Waals surface area contributed by atoms with Crippen molar-refractivity contribution in [3.63, 3.8) is 0 Å². The maximum Gasteiger partial charge on any atom is 0.236 e. The van der Waals surface area contributed by atoms with E-state index in [0.717, 1.165) is 30.6 Å². The van der Waals surface area contributed by atoms with Gasteiger partial charge in [-0.2, -0.15) is 0 Å². The number of nitrogens with one attached hydrogen (secondary N) is 1. The molecule has 4 unspecified atom stereocenters. The van der Waals surface area contributed by atoms with Gasteiger partial charge in [-0.15, -0.1) is 0 Å². The molecule has 0 aromatic heterocycles. The van der Waals surface area contributed by atoms with Crippen molar-refractivity contribution in [2.45, 2.75) is 43.2 Å². The van der Waals surface area contributed by atoms with Crippen molar-refractivity contribution in [3.05, 3.63) is 106 Å². The molecule has 0 spiro atoms. The predicted octanol–water partition coefficient (Wildman–Crippen LogP) is 5.34. The van der Waals surface area contributed by atoms with Crippen molar-refractivity contribution < 1.29 is 9.59 Å². The van der Waals surface area contributed by atoms with Crippen molar-refractivity contribution in [2.75, 3.05) is 19.6 Å². The third-order valence-electron chi connectivity index (χ3n) is 8.74. The summed E-state index contributed by atoms with van der Waals surface area (Å²) in [7, 11) is 0. The molecule has 0 radical (unpaired) electrons. The summed E-state index contributed by atoms with van der Waals surface area (Å²) >= 11 is 12.9. The minimum Gasteiger partial charge on any atom is -0.368 e. The molecule has 2 aliphatic rings. The molecule has 2 aliphatic heterocycles. The number of rotatable bonds is 7. The molecular weight excluding hydrogens is 517 g/mol. The van der Waals surface area contributed by atoms with E-state index in [-0.39, 0.29) is 18.2 Å². The largest absolute Gasteiger partial charge is 0.368 e. The second-order valence-electron chi connectivity index (χ2n) is 10.4. The Labute approximate surface area is 234 Å². The number of carbonyl (C=O) groups is 2. The van der Waals surface area contributed by atoms with Gasteiger partial charge >= 0.3 is 0 Å². The Kier molecular flexibility index (Phi) is 7.65. The first kappa shape index (κ1) is 26.9. The topological polar surface area (TPSA) is 75.4 Å². The molecule has 1 amide bonds. The van der Waals surface area contributed by atoms with Crippen LogP contribution in [-0.4, -0.2) is 41.8 Å². The number of Topliss-reactive ketones (excluding diaryl/α,β-unsaturated/α-hetero) is 1. The highest BCUT2D eigenvalue weighted by molar-refractivity contribution is 6.42. The SMILES string of the molecule is CCC1(C2CCNC2)C(c2ccc(Cl)c(Cl)c2)C(C(N)=O)(c2ccccc2)C(=O)CN1Cc1ccccc1. The highest BCUT2D eigenvalue weighted by atomic mass is 35.5. The smallest absolute Gasteiger partial charge is 0.236 e. The van der Waals surface area contributed by atoms with Crippen LogP contribution in [0.15, 0.2) is 78.9 Å². The van der Waals surface area contributed by atoms with Crippen LogP contribution in [0.1, 0.15) is 42.4 Å². The third kappa shape index (κ3) is 4.26. The van der Waals surface area contributed by atoms with Gasteiger partial charge in [0, 0.05) is 18.0 Å². The van der Waals surface area contributed by atoms with Crippen molar-refractivity contribution in [1.82, 2.24) is 10.2 Å². The fourth-order valence-electron chi connectivity index (χ4n) is 7.14. The Morgan fingerprint density at radius 3 is 2.29 bits per heavy atom. The number of hydrogen-bond acceptors (Lipinski definition) is 4. The van der Waals surface area contributed by atoms with Crippen molar-refractivity contribution in [1.29, 1.82) is 0 Å². The summed E-state index contributed by atoms with van der Waals surface area (Å²) in [5.41, 5.74) is 6.73. The predicted molar refractivity (Wildman–Crippen MR) is 152 cm³/mol. The number of amides is 1. The third-order valence-corrected chi connectivity index (χ3v) is 9.48. The van der Waals surface area contributed by atoms with Crippen LogP contribution in [0.4, 0.5) is 0 Å². The molecule has 0 bridgehead atoms. The maximum atomic E-state index is 14.5. The Hall–Kier alpha value is -2.70. The molecule has 2 heterocycles. The molecule has 5 rings (SSSR count). The summed E-state index contributed by atoms with van der Waals surface area (Å²) < 4.78 is 0. The Bertz CT molecular complexity index is 1310. The second kappa shape index (κ2) is 10.8. The fraction of sp³-hybridized carbons (Fsp3) is 0.355. The summed E-state index contributed by atoms with van der Waals surface area (Å²) in [6, 6.07) is 25.0. The quantitative estimate of drug-likeness (QED) is 0.390. The zero-order valence-electron chi connectivity index (χ0n) is 21.5. The number of ketones is 1. The zero-order chi connectivity index (χ0) is 26.9. The van der Waals surface area contributed by atoms with Gasteiger partial charge in [-0.3, -0.25) is 14.5 Å². The number of halogens is 2. The highest BCUT2D eigenvalue weighted by Gasteiger charge is 2.66. The van der Waals surface area contributed by atoms with E-state index in [4.69, 9.17) is 28.9 Å². The molecule has 2 saturated heterocycles. The van der Waals surface area contributed by atoms with Gasteiger partial charge in [0.25, 0.3) is 0 Å². The van der Waals surface area contributed by atoms with Gasteiger partial charge in [0.05, 0.1) is 16.6 Å². The van der Waals surface area contributed by atoms with Gasteiger partial charge in [-0.25, -0.2) is 0 Å². The van der Waals surface area contributed by atoms with Crippen LogP contribution in [0.25, 0.3) is 0 Å². The Morgan fingerprint density at radius 1 is 1.03 bits per heavy atom. The fourth-order valence-corrected chi connectivity index (χ4v) is 7.45. The van der Waals surface area contributed by atoms with Crippen LogP contribution < -0.4 is 11.1 Å². The molecule has 0 saturated carbocycles. The van der Waals surface area contributed by atoms with Crippen LogP contribution in [0.2, 0.25) is 10.0 Å². The van der Waals surface area contributed by atoms with E-state index in [2.05, 4.69) is 29.3 Å². The number of likely N-dealkylation sites (tertiary alicyclic amines) is 1. The number of hydrogen-bond donors (Lipinski definition) is 2. The molecule has 4 atom stereocenters. The molecule has 0 aliphatic carbocycles. The standard InChI is InChI=1S/C31H33Cl2N3O2/c1-2-30(24-15-16-35-18-24)28(22-13-14-25(32)26(33)17-22)31(29(34)38,23-11-7-4-8-12-23)27(37)20-36(30)19-21-9-5-3-6-10-21/h3-14,17,24,28,35H,2,15-16,18-20H2,1H3,(H2,34,38). The molecule has 7 heteroatoms. The molecule has 3 aromatic rings. The maximum absolute atomic E-state index is 14.5. The lowest BCUT2D eigenvalue weighted by Gasteiger charge is -2.60. The number of benzene rings is 3. The molecule has 3 aromatic carbocycles. The number of nitrogens with zero attached hydrogens (tertiary/aromatic N) is 1. The number of carbonyl (C=O) groups excluding carboxylic acids is 2. The highest BCUT2D eigenvalue weighted by Crippen LogP contribution is 2.57. The van der Waals surface area contributed by atoms with Crippen molar-refractivity contribution in [2.24, 2.45) is 11.7 Å². The van der Waals surface area contributed by atoms with Crippen LogP contribution >= 0.6 is 23.2 Å². The van der Waals surface area contributed by atoms with Crippen LogP contribution in [0, 0.1) is 5.92 Å². The Morgan fingerprint density at radius 2 is 1.71 bits per heavy atom. The monoisotopic (exact) mass is 549 g/mol. The first-order valence-electron chi connectivity index (χ1n) is 13.2. The number of primary amides is 1. The summed E-state index contributed by atoms with van der Waals surface area (Å²) in [6.07, 6.45) is 1.64. The molecular formula is C31H33Cl2N3O2. The van der Waals surface area contributed by atoms with Gasteiger partial charge in [0.15, 0.2) is 5.78 Å². The average Bonchev–Trinajstić information content (AvgIpc) is 3.47. The first-order chi connectivity index (χ1) is 18.4. The second-order valence-corrected chi connectivity index (χ2v) is 11.3. The van der Waals surface area contributed by atoms with E-state index >= 15 is 0 Å². The van der Waals surface area contributed by atoms with Crippen LogP contribution in [0.5, 0.6) is 0 Å². The van der Waals surface area contributed by atoms with Crippen LogP contribution in [-0.2, 0) is 21.5 Å². The molecule has 3 N–H and O–H groups in total. The minimum atomic E-state index is -1.57. The summed E-state index contributed by atoms with van der Waals surface area (Å²) in [4.78, 5) is 30.6. The van der Waals surface area contributed by atoms with E-state index in [0.29, 0.717) is 28.6 Å². The minimum absolute atomic E-state index is 0.120. The molecule has 38 heavy (non-hydrogen) atoms. The van der Waals surface area contributed by atoms with Crippen LogP contribution in [0.3, 0.4) is 0 Å². The van der Waals surface area contributed by atoms with E-state index in [1.54, 1.807) is 6.07 Å². The van der Waals surface area contributed by atoms with E-state index in [1.165, 1.54) is 0 Å². The number of piperidine rings is 1. The van der Waals surface area contributed by atoms with E-state index in [9.17, 15) is 9.59 Å². The van der Waals surface area contributed by atoms with Crippen molar-refractivity contribution >= 4 is 34.9 Å². The molecule has 198 valence electrons. The lowest BCUT2D eigenvalue weighted by Crippen LogP contribution is -2.72. The van der Waals surface area contributed by atoms with Gasteiger partial charge < -0.3 is 11.1 Å². The van der Waals surface area contributed by atoms with Gasteiger partial charge in [0.1, 0.15) is 5.41 Å². The van der Waals surface area contributed by atoms with E-state index in [1.807, 2.05) is 60.7 Å². The Balaban J connectivity index is 1.84. The number of nitrogens with two attached hydrogens (primary N) is 1. The van der Waals surface area contributed by atoms with Gasteiger partial charge in [-0.1, -0.05) is 96.9 Å². The zero-order valence-corrected chi connectivity index (χ0v) is 23.0. The molecule has 5 nitrogen and oxygen atoms in total. The summed E-state index contributed by atoms with van der Waals surface area (Å²) in [5, 5.41) is 4.35. The first-order valence-corrected chi connectivity index (χ1v) is 13.9. The lowest BCUT2D eigenvalue weighted by molar-refractivity contribution is -0.151. The lowest BCUT2D eigenvalue weighted by atomic mass is 9.51. The van der Waals surface area contributed by atoms with Gasteiger partial charge in [0.2, 0.25) is 5.91 Å². The normalized spacial score (nSPS) is 27.9. The average molecular weight is 551 g/mol. The van der Waals surface area contributed by atoms with Crippen molar-refractivity contribution in [3.8, 4) is 0 Å². The van der Waals surface area contributed by atoms with E-state index < -0.39 is 22.8 Å². The summed E-state index contributed by atoms with van der Waals surface area (Å²) in [5.74, 6) is -1.23. The van der Waals surface area contributed by atoms with Gasteiger partial charge in [-0.05, 0) is 60.7 Å². The molecule has 2 fully saturated rings.